The number of H-pyrrole nitrogens is 1. The van der Waals surface area contributed by atoms with Crippen LogP contribution >= 0.6 is 0 Å². The zero-order valence-electron chi connectivity index (χ0n) is 13.4. The van der Waals surface area contributed by atoms with E-state index >= 15 is 0 Å². The number of fused-ring (bicyclic) bond motifs is 1. The summed E-state index contributed by atoms with van der Waals surface area (Å²) in [6.45, 7) is 3.72. The van der Waals surface area contributed by atoms with Crippen LogP contribution in [0.3, 0.4) is 0 Å². The fraction of sp³-hybridized carbons (Fsp3) is 0.250. The molecular formula is C16H17N7O. The zero-order chi connectivity index (χ0) is 17.1. The van der Waals surface area contributed by atoms with Crippen molar-refractivity contribution in [3.63, 3.8) is 0 Å². The summed E-state index contributed by atoms with van der Waals surface area (Å²) in [6, 6.07) is 1.57. The largest absolute Gasteiger partial charge is 0.396 e. The first-order valence-electron chi connectivity index (χ1n) is 7.44. The first kappa shape index (κ1) is 15.6. The Morgan fingerprint density at radius 3 is 3.04 bits per heavy atom. The molecule has 122 valence electrons. The summed E-state index contributed by atoms with van der Waals surface area (Å²) in [5, 5.41) is 7.02. The number of hydrogen-bond acceptors (Lipinski definition) is 5. The first-order chi connectivity index (χ1) is 11.5. The second-order valence-corrected chi connectivity index (χ2v) is 5.46. The fourth-order valence-corrected chi connectivity index (χ4v) is 2.17. The molecular weight excluding hydrogens is 306 g/mol. The summed E-state index contributed by atoms with van der Waals surface area (Å²) in [4.78, 5) is 23.1. The van der Waals surface area contributed by atoms with E-state index in [1.807, 2.05) is 13.8 Å². The smallest absolute Gasteiger partial charge is 0.287 e. The van der Waals surface area contributed by atoms with E-state index in [2.05, 4.69) is 37.2 Å². The number of carbonyl (C=O) groups is 1. The lowest BCUT2D eigenvalue weighted by Crippen LogP contribution is -2.32. The average Bonchev–Trinajstić information content (AvgIpc) is 3.15. The number of nitrogen functional groups attached to an aromatic ring is 1. The highest BCUT2D eigenvalue weighted by molar-refractivity contribution is 5.90. The molecule has 8 heteroatoms. The van der Waals surface area contributed by atoms with Crippen molar-refractivity contribution in [1.82, 2.24) is 29.9 Å². The number of aromatic amines is 1. The van der Waals surface area contributed by atoms with E-state index in [9.17, 15) is 4.79 Å². The Morgan fingerprint density at radius 1 is 1.46 bits per heavy atom. The van der Waals surface area contributed by atoms with Crippen molar-refractivity contribution in [2.75, 3.05) is 5.73 Å². The van der Waals surface area contributed by atoms with Crippen molar-refractivity contribution >= 4 is 17.2 Å². The van der Waals surface area contributed by atoms with Gasteiger partial charge in [-0.25, -0.2) is 14.5 Å². The Bertz CT molecular complexity index is 944. The summed E-state index contributed by atoms with van der Waals surface area (Å²) in [7, 11) is 0. The van der Waals surface area contributed by atoms with Crippen LogP contribution in [0, 0.1) is 18.8 Å². The van der Waals surface area contributed by atoms with E-state index in [1.54, 1.807) is 29.2 Å². The molecule has 24 heavy (non-hydrogen) atoms. The van der Waals surface area contributed by atoms with Gasteiger partial charge in [0.15, 0.2) is 11.5 Å². The normalized spacial score (nSPS) is 11.8. The molecule has 0 fully saturated rings. The van der Waals surface area contributed by atoms with Crippen LogP contribution in [0.4, 0.5) is 5.69 Å². The molecule has 0 aliphatic heterocycles. The minimum absolute atomic E-state index is 0.118. The molecule has 3 aromatic heterocycles. The third-order valence-electron chi connectivity index (χ3n) is 3.35. The van der Waals surface area contributed by atoms with Gasteiger partial charge in [0.1, 0.15) is 5.69 Å². The number of nitrogens with one attached hydrogen (secondary N) is 2. The highest BCUT2D eigenvalue weighted by atomic mass is 16.2. The molecule has 3 aromatic rings. The summed E-state index contributed by atoms with van der Waals surface area (Å²) in [5.74, 6) is 6.08. The lowest BCUT2D eigenvalue weighted by Gasteiger charge is -2.08. The van der Waals surface area contributed by atoms with E-state index < -0.39 is 0 Å². The molecule has 0 radical (unpaired) electrons. The average molecular weight is 323 g/mol. The third-order valence-corrected chi connectivity index (χ3v) is 3.35. The summed E-state index contributed by atoms with van der Waals surface area (Å²) < 4.78 is 1.59. The van der Waals surface area contributed by atoms with Crippen molar-refractivity contribution in [2.24, 2.45) is 0 Å². The quantitative estimate of drug-likeness (QED) is 0.620. The Morgan fingerprint density at radius 2 is 2.29 bits per heavy atom. The number of rotatable bonds is 3. The number of anilines is 1. The van der Waals surface area contributed by atoms with Crippen LogP contribution in [0.5, 0.6) is 0 Å². The van der Waals surface area contributed by atoms with Crippen molar-refractivity contribution < 1.29 is 4.79 Å². The standard InChI is InChI=1S/C16H17N7O/c1-10(22-16(24)14-18-8-11(2)21-14)4-3-5-12-9-19-15-13(17)6-7-20-23(12)15/h6-10H,4,17H2,1-2H3,(H,18,21)(H,22,24)/t10-/m0/s1. The molecule has 0 aromatic carbocycles. The minimum Gasteiger partial charge on any atom is -0.396 e. The van der Waals surface area contributed by atoms with E-state index in [0.29, 0.717) is 29.3 Å². The number of aromatic nitrogens is 5. The molecule has 0 aliphatic carbocycles. The van der Waals surface area contributed by atoms with Crippen LogP contribution in [-0.2, 0) is 0 Å². The number of aryl methyl sites for hydroxylation is 1. The number of hydrogen-bond donors (Lipinski definition) is 3. The maximum Gasteiger partial charge on any atom is 0.287 e. The summed E-state index contributed by atoms with van der Waals surface area (Å²) in [6.07, 6.45) is 5.33. The van der Waals surface area contributed by atoms with Crippen LogP contribution in [0.15, 0.2) is 24.7 Å². The fourth-order valence-electron chi connectivity index (χ4n) is 2.17. The predicted octanol–water partition coefficient (Wildman–Crippen LogP) is 0.903. The monoisotopic (exact) mass is 323 g/mol. The number of amides is 1. The third kappa shape index (κ3) is 3.20. The number of nitrogens with zero attached hydrogens (tertiary/aromatic N) is 4. The zero-order valence-corrected chi connectivity index (χ0v) is 13.4. The molecule has 1 atom stereocenters. The maximum absolute atomic E-state index is 12.0. The van der Waals surface area contributed by atoms with Gasteiger partial charge in [-0.3, -0.25) is 4.79 Å². The van der Waals surface area contributed by atoms with Gasteiger partial charge in [-0.05, 0) is 25.8 Å². The van der Waals surface area contributed by atoms with Crippen molar-refractivity contribution in [3.05, 3.63) is 41.9 Å². The van der Waals surface area contributed by atoms with E-state index in [4.69, 9.17) is 5.73 Å². The second-order valence-electron chi connectivity index (χ2n) is 5.46. The Kier molecular flexibility index (Phi) is 4.16. The van der Waals surface area contributed by atoms with Crippen molar-refractivity contribution in [1.29, 1.82) is 0 Å². The van der Waals surface area contributed by atoms with Crippen LogP contribution in [-0.4, -0.2) is 36.5 Å². The summed E-state index contributed by atoms with van der Waals surface area (Å²) in [5.41, 5.74) is 8.45. The minimum atomic E-state index is -0.248. The molecule has 3 rings (SSSR count). The second kappa shape index (κ2) is 6.42. The highest BCUT2D eigenvalue weighted by Gasteiger charge is 2.11. The van der Waals surface area contributed by atoms with Gasteiger partial charge in [-0.2, -0.15) is 5.10 Å². The SMILES string of the molecule is Cc1cnc(C(=O)N[C@@H](C)CC#Cc2cnc3c(N)ccnn23)[nH]1. The van der Waals surface area contributed by atoms with Gasteiger partial charge >= 0.3 is 0 Å². The van der Waals surface area contributed by atoms with Gasteiger partial charge < -0.3 is 16.0 Å². The van der Waals surface area contributed by atoms with Crippen LogP contribution < -0.4 is 11.1 Å². The van der Waals surface area contributed by atoms with Gasteiger partial charge in [0, 0.05) is 24.4 Å². The number of nitrogens with two attached hydrogens (primary N) is 1. The van der Waals surface area contributed by atoms with Crippen molar-refractivity contribution in [3.8, 4) is 11.8 Å². The molecule has 0 aliphatic rings. The molecule has 0 unspecified atom stereocenters. The van der Waals surface area contributed by atoms with Gasteiger partial charge in [-0.15, -0.1) is 0 Å². The van der Waals surface area contributed by atoms with Crippen molar-refractivity contribution in [2.45, 2.75) is 26.3 Å². The van der Waals surface area contributed by atoms with E-state index in [0.717, 1.165) is 5.69 Å². The Labute approximate surface area is 138 Å². The lowest BCUT2D eigenvalue weighted by atomic mass is 10.2. The Hall–Kier alpha value is -3.34. The molecule has 0 spiro atoms. The molecule has 0 saturated carbocycles. The molecule has 4 N–H and O–H groups in total. The van der Waals surface area contributed by atoms with Gasteiger partial charge in [0.2, 0.25) is 0 Å². The molecule has 1 amide bonds. The molecule has 0 bridgehead atoms. The van der Waals surface area contributed by atoms with Crippen LogP contribution in [0.2, 0.25) is 0 Å². The molecule has 8 nitrogen and oxygen atoms in total. The molecule has 0 saturated heterocycles. The Balaban J connectivity index is 1.64. The molecule has 3 heterocycles. The number of imidazole rings is 2. The van der Waals surface area contributed by atoms with Crippen LogP contribution in [0.1, 0.15) is 35.4 Å². The van der Waals surface area contributed by atoms with Gasteiger partial charge in [-0.1, -0.05) is 5.92 Å². The predicted molar refractivity (Wildman–Crippen MR) is 89.1 cm³/mol. The van der Waals surface area contributed by atoms with Crippen LogP contribution in [0.25, 0.3) is 5.65 Å². The highest BCUT2D eigenvalue weighted by Crippen LogP contribution is 2.10. The van der Waals surface area contributed by atoms with Gasteiger partial charge in [0.05, 0.1) is 18.1 Å². The van der Waals surface area contributed by atoms with E-state index in [1.165, 1.54) is 0 Å². The van der Waals surface area contributed by atoms with E-state index in [-0.39, 0.29) is 11.9 Å². The summed E-state index contributed by atoms with van der Waals surface area (Å²) >= 11 is 0. The number of carbonyl (C=O) groups excluding carboxylic acids is 1. The topological polar surface area (TPSA) is 114 Å². The lowest BCUT2D eigenvalue weighted by molar-refractivity contribution is 0.0931. The first-order valence-corrected chi connectivity index (χ1v) is 7.44. The maximum atomic E-state index is 12.0. The van der Waals surface area contributed by atoms with Gasteiger partial charge in [0.25, 0.3) is 5.91 Å².